The number of hydrogen-bond donors (Lipinski definition) is 2. The molecule has 0 aliphatic heterocycles. The van der Waals surface area contributed by atoms with Gasteiger partial charge in [-0.15, -0.1) is 11.3 Å². The van der Waals surface area contributed by atoms with Crippen molar-refractivity contribution in [3.05, 3.63) is 45.5 Å². The summed E-state index contributed by atoms with van der Waals surface area (Å²) in [4.78, 5) is 11.0. The topological polar surface area (TPSA) is 83.5 Å². The first-order valence-corrected chi connectivity index (χ1v) is 8.65. The molecule has 0 radical (unpaired) electrons. The van der Waals surface area contributed by atoms with E-state index in [1.807, 2.05) is 0 Å². The van der Waals surface area contributed by atoms with E-state index >= 15 is 0 Å². The van der Waals surface area contributed by atoms with Gasteiger partial charge in [0.15, 0.2) is 0 Å². The van der Waals surface area contributed by atoms with Crippen molar-refractivity contribution < 1.29 is 22.7 Å². The first-order valence-electron chi connectivity index (χ1n) is 5.56. The molecule has 2 N–H and O–H groups in total. The lowest BCUT2D eigenvalue weighted by atomic mass is 10.3. The van der Waals surface area contributed by atoms with Crippen molar-refractivity contribution >= 4 is 48.9 Å². The number of carbonyl (C=O) groups is 1. The second-order valence-corrected chi connectivity index (χ2v) is 7.95. The van der Waals surface area contributed by atoms with Gasteiger partial charge < -0.3 is 5.11 Å². The van der Waals surface area contributed by atoms with Crippen LogP contribution in [0.3, 0.4) is 0 Å². The molecule has 5 nitrogen and oxygen atoms in total. The number of hydrogen-bond acceptors (Lipinski definition) is 4. The minimum atomic E-state index is -3.89. The molecular formula is C12H9BrFNO4S2. The molecule has 2 aromatic rings. The first kappa shape index (κ1) is 15.9. The number of thiophene rings is 1. The Morgan fingerprint density at radius 1 is 1.33 bits per heavy atom. The number of aliphatic carboxylic acids is 1. The summed E-state index contributed by atoms with van der Waals surface area (Å²) in [5.74, 6) is -1.62. The van der Waals surface area contributed by atoms with Crippen LogP contribution in [0.4, 0.5) is 10.1 Å². The summed E-state index contributed by atoms with van der Waals surface area (Å²) < 4.78 is 40.1. The zero-order chi connectivity index (χ0) is 15.6. The van der Waals surface area contributed by atoms with Gasteiger partial charge in [-0.1, -0.05) is 0 Å². The fourth-order valence-corrected chi connectivity index (χ4v) is 4.41. The van der Waals surface area contributed by atoms with Crippen LogP contribution in [0.15, 0.2) is 39.0 Å². The highest BCUT2D eigenvalue weighted by atomic mass is 79.9. The van der Waals surface area contributed by atoms with Crippen molar-refractivity contribution in [3.8, 4) is 0 Å². The maximum atomic E-state index is 13.2. The van der Waals surface area contributed by atoms with Gasteiger partial charge in [-0.25, -0.2) is 12.8 Å². The lowest BCUT2D eigenvalue weighted by molar-refractivity contribution is -0.136. The third kappa shape index (κ3) is 4.02. The van der Waals surface area contributed by atoms with Crippen LogP contribution in [-0.2, 0) is 21.2 Å². The molecule has 1 aromatic carbocycles. The van der Waals surface area contributed by atoms with Crippen molar-refractivity contribution in [1.82, 2.24) is 0 Å². The Morgan fingerprint density at radius 3 is 2.71 bits per heavy atom. The SMILES string of the molecule is O=C(O)Cc1ccc(S(=O)(=O)Nc2cc(F)ccc2Br)s1. The number of benzene rings is 1. The number of carboxylic acids is 1. The average Bonchev–Trinajstić information content (AvgIpc) is 2.82. The van der Waals surface area contributed by atoms with Crippen molar-refractivity contribution in [2.45, 2.75) is 10.6 Å². The number of anilines is 1. The molecule has 9 heteroatoms. The summed E-state index contributed by atoms with van der Waals surface area (Å²) in [5, 5.41) is 8.67. The van der Waals surface area contributed by atoms with Gasteiger partial charge in [0.1, 0.15) is 10.0 Å². The maximum absolute atomic E-state index is 13.2. The Bertz CT molecular complexity index is 788. The standard InChI is InChI=1S/C12H9BrFNO4S2/c13-9-3-1-7(14)5-10(9)15-21(18,19)12-4-2-8(20-12)6-11(16)17/h1-5,15H,6H2,(H,16,17). The third-order valence-electron chi connectivity index (χ3n) is 2.40. The molecule has 0 aliphatic carbocycles. The molecule has 0 atom stereocenters. The minimum absolute atomic E-state index is 0.0325. The van der Waals surface area contributed by atoms with Gasteiger partial charge in [-0.3, -0.25) is 9.52 Å². The van der Waals surface area contributed by atoms with Gasteiger partial charge in [0.2, 0.25) is 0 Å². The Kier molecular flexibility index (Phi) is 4.64. The normalized spacial score (nSPS) is 11.3. The van der Waals surface area contributed by atoms with Crippen LogP contribution in [0, 0.1) is 5.82 Å². The van der Waals surface area contributed by atoms with Crippen LogP contribution >= 0.6 is 27.3 Å². The van der Waals surface area contributed by atoms with E-state index in [0.29, 0.717) is 9.35 Å². The van der Waals surface area contributed by atoms with Crippen LogP contribution in [0.5, 0.6) is 0 Å². The molecule has 0 saturated carbocycles. The molecule has 112 valence electrons. The van der Waals surface area contributed by atoms with Gasteiger partial charge in [-0.05, 0) is 46.3 Å². The summed E-state index contributed by atoms with van der Waals surface area (Å²) in [6, 6.07) is 6.38. The van der Waals surface area contributed by atoms with E-state index in [1.54, 1.807) is 0 Å². The Labute approximate surface area is 132 Å². The number of sulfonamides is 1. The van der Waals surface area contributed by atoms with Gasteiger partial charge in [0, 0.05) is 9.35 Å². The van der Waals surface area contributed by atoms with Crippen LogP contribution in [0.25, 0.3) is 0 Å². The van der Waals surface area contributed by atoms with E-state index in [9.17, 15) is 17.6 Å². The highest BCUT2D eigenvalue weighted by Gasteiger charge is 2.19. The molecular weight excluding hydrogens is 385 g/mol. The fraction of sp³-hybridized carbons (Fsp3) is 0.0833. The zero-order valence-electron chi connectivity index (χ0n) is 10.3. The molecule has 1 aromatic heterocycles. The van der Waals surface area contributed by atoms with E-state index in [1.165, 1.54) is 24.3 Å². The Balaban J connectivity index is 2.28. The van der Waals surface area contributed by atoms with E-state index < -0.39 is 21.8 Å². The van der Waals surface area contributed by atoms with Crippen molar-refractivity contribution in [2.24, 2.45) is 0 Å². The second kappa shape index (κ2) is 6.12. The van der Waals surface area contributed by atoms with E-state index in [4.69, 9.17) is 5.11 Å². The highest BCUT2D eigenvalue weighted by Crippen LogP contribution is 2.28. The van der Waals surface area contributed by atoms with Crippen molar-refractivity contribution in [1.29, 1.82) is 0 Å². The lowest BCUT2D eigenvalue weighted by Crippen LogP contribution is -2.12. The maximum Gasteiger partial charge on any atom is 0.308 e. The molecule has 2 rings (SSSR count). The molecule has 1 heterocycles. The van der Waals surface area contributed by atoms with Gasteiger partial charge >= 0.3 is 5.97 Å². The largest absolute Gasteiger partial charge is 0.481 e. The summed E-state index contributed by atoms with van der Waals surface area (Å²) in [6.07, 6.45) is -0.246. The minimum Gasteiger partial charge on any atom is -0.481 e. The average molecular weight is 394 g/mol. The molecule has 21 heavy (non-hydrogen) atoms. The molecule has 0 saturated heterocycles. The molecule has 0 spiro atoms. The lowest BCUT2D eigenvalue weighted by Gasteiger charge is -2.08. The quantitative estimate of drug-likeness (QED) is 0.817. The van der Waals surface area contributed by atoms with Crippen LogP contribution < -0.4 is 4.72 Å². The summed E-state index contributed by atoms with van der Waals surface area (Å²) >= 11 is 3.98. The van der Waals surface area contributed by atoms with Gasteiger partial charge in [0.25, 0.3) is 10.0 Å². The van der Waals surface area contributed by atoms with Crippen LogP contribution in [-0.4, -0.2) is 19.5 Å². The Hall–Kier alpha value is -1.45. The predicted molar refractivity (Wildman–Crippen MR) is 80.6 cm³/mol. The van der Waals surface area contributed by atoms with E-state index in [-0.39, 0.29) is 16.3 Å². The monoisotopic (exact) mass is 393 g/mol. The molecule has 0 unspecified atom stereocenters. The summed E-state index contributed by atoms with van der Waals surface area (Å²) in [7, 11) is -3.89. The van der Waals surface area contributed by atoms with Crippen LogP contribution in [0.1, 0.15) is 4.88 Å². The number of halogens is 2. The fourth-order valence-electron chi connectivity index (χ4n) is 1.52. The number of nitrogens with one attached hydrogen (secondary N) is 1. The summed E-state index contributed by atoms with van der Waals surface area (Å²) in [5.41, 5.74) is 0.0724. The predicted octanol–water partition coefficient (Wildman–Crippen LogP) is 3.08. The molecule has 0 bridgehead atoms. The third-order valence-corrected chi connectivity index (χ3v) is 6.03. The van der Waals surface area contributed by atoms with Crippen molar-refractivity contribution in [2.75, 3.05) is 4.72 Å². The first-order chi connectivity index (χ1) is 9.78. The summed E-state index contributed by atoms with van der Waals surface area (Å²) in [6.45, 7) is 0. The molecule has 0 fully saturated rings. The van der Waals surface area contributed by atoms with Crippen LogP contribution in [0.2, 0.25) is 0 Å². The van der Waals surface area contributed by atoms with E-state index in [0.717, 1.165) is 17.4 Å². The number of rotatable bonds is 5. The van der Waals surface area contributed by atoms with Gasteiger partial charge in [-0.2, -0.15) is 0 Å². The Morgan fingerprint density at radius 2 is 2.05 bits per heavy atom. The molecule has 0 amide bonds. The van der Waals surface area contributed by atoms with Crippen molar-refractivity contribution in [3.63, 3.8) is 0 Å². The zero-order valence-corrected chi connectivity index (χ0v) is 13.6. The van der Waals surface area contributed by atoms with E-state index in [2.05, 4.69) is 20.7 Å². The second-order valence-electron chi connectivity index (χ2n) is 4.02. The highest BCUT2D eigenvalue weighted by molar-refractivity contribution is 9.10. The molecule has 0 aliphatic rings. The van der Waals surface area contributed by atoms with Gasteiger partial charge in [0.05, 0.1) is 12.1 Å². The smallest absolute Gasteiger partial charge is 0.308 e. The number of carboxylic acid groups (broad SMARTS) is 1.